The maximum absolute atomic E-state index is 3.55. The van der Waals surface area contributed by atoms with E-state index in [4.69, 9.17) is 0 Å². The van der Waals surface area contributed by atoms with Crippen LogP contribution >= 0.6 is 0 Å². The van der Waals surface area contributed by atoms with Gasteiger partial charge in [0.25, 0.3) is 0 Å². The molecule has 1 N–H and O–H groups in total. The van der Waals surface area contributed by atoms with Crippen molar-refractivity contribution >= 4 is 0 Å². The lowest BCUT2D eigenvalue weighted by atomic mass is 9.78. The van der Waals surface area contributed by atoms with Gasteiger partial charge in [-0.25, -0.2) is 0 Å². The lowest BCUT2D eigenvalue weighted by Crippen LogP contribution is -2.60. The van der Waals surface area contributed by atoms with E-state index < -0.39 is 0 Å². The molecule has 2 aliphatic carbocycles. The zero-order valence-corrected chi connectivity index (χ0v) is 11.8. The van der Waals surface area contributed by atoms with Crippen molar-refractivity contribution in [2.45, 2.75) is 82.0 Å². The van der Waals surface area contributed by atoms with Gasteiger partial charge in [-0.05, 0) is 63.8 Å². The van der Waals surface area contributed by atoms with E-state index in [2.05, 4.69) is 17.3 Å². The molecule has 0 aromatic carbocycles. The van der Waals surface area contributed by atoms with Crippen molar-refractivity contribution in [3.05, 3.63) is 0 Å². The fourth-order valence-electron chi connectivity index (χ4n) is 5.77. The molecule has 2 heteroatoms. The molecule has 0 aromatic rings. The summed E-state index contributed by atoms with van der Waals surface area (Å²) in [7, 11) is 2.16. The first-order valence-corrected chi connectivity index (χ1v) is 8.30. The van der Waals surface area contributed by atoms with Crippen molar-refractivity contribution in [2.24, 2.45) is 11.8 Å². The molecule has 2 heterocycles. The average Bonchev–Trinajstić information content (AvgIpc) is 2.99. The number of rotatable bonds is 2. The third kappa shape index (κ3) is 1.76. The fraction of sp³-hybridized carbons (Fsp3) is 1.00. The second-order valence-corrected chi connectivity index (χ2v) is 7.38. The van der Waals surface area contributed by atoms with Crippen LogP contribution in [-0.2, 0) is 0 Å². The van der Waals surface area contributed by atoms with Crippen molar-refractivity contribution in [2.75, 3.05) is 7.05 Å². The van der Waals surface area contributed by atoms with E-state index in [0.717, 1.165) is 36.0 Å². The predicted molar refractivity (Wildman–Crippen MR) is 74.6 cm³/mol. The lowest BCUT2D eigenvalue weighted by molar-refractivity contribution is -0.0272. The summed E-state index contributed by atoms with van der Waals surface area (Å²) in [5.41, 5.74) is 0. The van der Waals surface area contributed by atoms with Crippen LogP contribution in [0.15, 0.2) is 0 Å². The summed E-state index contributed by atoms with van der Waals surface area (Å²) in [6, 6.07) is 3.62. The van der Waals surface area contributed by atoms with Gasteiger partial charge in [-0.15, -0.1) is 0 Å². The first kappa shape index (κ1) is 11.7. The Balaban J connectivity index is 1.54. The first-order valence-electron chi connectivity index (χ1n) is 8.30. The number of fused-ring (bicyclic) bond motifs is 4. The number of hydrogen-bond acceptors (Lipinski definition) is 2. The van der Waals surface area contributed by atoms with Gasteiger partial charge in [0.2, 0.25) is 0 Å². The largest absolute Gasteiger partial charge is 0.317 e. The lowest BCUT2D eigenvalue weighted by Gasteiger charge is -2.53. The van der Waals surface area contributed by atoms with Crippen LogP contribution in [-0.4, -0.2) is 36.1 Å². The number of piperidine rings is 2. The summed E-state index contributed by atoms with van der Waals surface area (Å²) in [4.78, 5) is 3.03. The Labute approximate surface area is 111 Å². The SMILES string of the molecule is CNC1CC2CCCC(C1)N2C1CC2CCC1C2. The molecule has 0 amide bonds. The maximum atomic E-state index is 3.55. The molecule has 2 saturated heterocycles. The van der Waals surface area contributed by atoms with E-state index in [9.17, 15) is 0 Å². The molecule has 4 fully saturated rings. The smallest absolute Gasteiger partial charge is 0.0132 e. The van der Waals surface area contributed by atoms with Gasteiger partial charge < -0.3 is 5.32 Å². The highest BCUT2D eigenvalue weighted by Gasteiger charge is 2.48. The summed E-state index contributed by atoms with van der Waals surface area (Å²) < 4.78 is 0. The van der Waals surface area contributed by atoms with Crippen LogP contribution in [0.1, 0.15) is 57.8 Å². The minimum absolute atomic E-state index is 0.801. The maximum Gasteiger partial charge on any atom is 0.0132 e. The molecule has 0 spiro atoms. The van der Waals surface area contributed by atoms with Gasteiger partial charge >= 0.3 is 0 Å². The van der Waals surface area contributed by atoms with Crippen LogP contribution in [0.5, 0.6) is 0 Å². The summed E-state index contributed by atoms with van der Waals surface area (Å²) in [6.07, 6.45) is 13.5. The molecule has 18 heavy (non-hydrogen) atoms. The van der Waals surface area contributed by atoms with E-state index in [1.165, 1.54) is 32.1 Å². The fourth-order valence-corrected chi connectivity index (χ4v) is 5.77. The van der Waals surface area contributed by atoms with E-state index >= 15 is 0 Å². The second-order valence-electron chi connectivity index (χ2n) is 7.38. The van der Waals surface area contributed by atoms with Crippen LogP contribution in [0.4, 0.5) is 0 Å². The Bertz CT molecular complexity index is 302. The molecule has 2 aliphatic heterocycles. The van der Waals surface area contributed by atoms with E-state index in [-0.39, 0.29) is 0 Å². The number of hydrogen-bond donors (Lipinski definition) is 1. The zero-order chi connectivity index (χ0) is 12.1. The quantitative estimate of drug-likeness (QED) is 0.808. The van der Waals surface area contributed by atoms with Crippen molar-refractivity contribution in [1.29, 1.82) is 0 Å². The Morgan fingerprint density at radius 3 is 2.22 bits per heavy atom. The summed E-state index contributed by atoms with van der Waals surface area (Å²) in [6.45, 7) is 0. The minimum atomic E-state index is 0.801. The highest BCUT2D eigenvalue weighted by molar-refractivity contribution is 5.03. The van der Waals surface area contributed by atoms with Crippen molar-refractivity contribution in [3.8, 4) is 0 Å². The normalized spacial score (nSPS) is 51.8. The third-order valence-corrected chi connectivity index (χ3v) is 6.52. The average molecular weight is 248 g/mol. The zero-order valence-electron chi connectivity index (χ0n) is 11.8. The molecule has 4 aliphatic rings. The van der Waals surface area contributed by atoms with Gasteiger partial charge in [-0.2, -0.15) is 0 Å². The highest BCUT2D eigenvalue weighted by atomic mass is 15.3. The standard InChI is InChI=1S/C16H28N2/c1-17-13-9-14-3-2-4-15(10-13)18(14)16-8-11-5-6-12(16)7-11/h11-17H,2-10H2,1H3. The molecule has 102 valence electrons. The van der Waals surface area contributed by atoms with Crippen LogP contribution in [0.25, 0.3) is 0 Å². The summed E-state index contributed by atoms with van der Waals surface area (Å²) in [5, 5.41) is 3.55. The van der Waals surface area contributed by atoms with E-state index in [1.807, 2.05) is 0 Å². The van der Waals surface area contributed by atoms with Gasteiger partial charge in [0.05, 0.1) is 0 Å². The van der Waals surface area contributed by atoms with Crippen molar-refractivity contribution in [3.63, 3.8) is 0 Å². The van der Waals surface area contributed by atoms with Crippen LogP contribution in [0.3, 0.4) is 0 Å². The van der Waals surface area contributed by atoms with Gasteiger partial charge in [-0.3, -0.25) is 4.90 Å². The molecule has 5 unspecified atom stereocenters. The Kier molecular flexibility index (Phi) is 2.92. The van der Waals surface area contributed by atoms with Gasteiger partial charge in [0.1, 0.15) is 0 Å². The van der Waals surface area contributed by atoms with Gasteiger partial charge in [0.15, 0.2) is 0 Å². The van der Waals surface area contributed by atoms with Crippen LogP contribution in [0, 0.1) is 11.8 Å². The van der Waals surface area contributed by atoms with Gasteiger partial charge in [0, 0.05) is 24.2 Å². The Morgan fingerprint density at radius 2 is 1.67 bits per heavy atom. The third-order valence-electron chi connectivity index (χ3n) is 6.52. The topological polar surface area (TPSA) is 15.3 Å². The van der Waals surface area contributed by atoms with Crippen LogP contribution in [0.2, 0.25) is 0 Å². The molecule has 5 atom stereocenters. The summed E-state index contributed by atoms with van der Waals surface area (Å²) >= 11 is 0. The Hall–Kier alpha value is -0.0800. The van der Waals surface area contributed by atoms with Gasteiger partial charge in [-0.1, -0.05) is 12.8 Å². The van der Waals surface area contributed by atoms with Crippen molar-refractivity contribution in [1.82, 2.24) is 10.2 Å². The number of nitrogens with zero attached hydrogens (tertiary/aromatic N) is 1. The minimum Gasteiger partial charge on any atom is -0.317 e. The van der Waals surface area contributed by atoms with E-state index in [1.54, 1.807) is 25.7 Å². The molecular formula is C16H28N2. The van der Waals surface area contributed by atoms with Crippen molar-refractivity contribution < 1.29 is 0 Å². The van der Waals surface area contributed by atoms with E-state index in [0.29, 0.717) is 0 Å². The second kappa shape index (κ2) is 4.49. The molecule has 4 bridgehead atoms. The molecule has 4 rings (SSSR count). The molecule has 2 saturated carbocycles. The summed E-state index contributed by atoms with van der Waals surface area (Å²) in [5.74, 6) is 2.17. The van der Waals surface area contributed by atoms with Crippen LogP contribution < -0.4 is 5.32 Å². The predicted octanol–water partition coefficient (Wildman–Crippen LogP) is 2.78. The molecule has 0 radical (unpaired) electrons. The molecule has 0 aromatic heterocycles. The first-order chi connectivity index (χ1) is 8.85. The highest BCUT2D eigenvalue weighted by Crippen LogP contribution is 2.50. The molecular weight excluding hydrogens is 220 g/mol. The number of nitrogens with one attached hydrogen (secondary N) is 1. The monoisotopic (exact) mass is 248 g/mol. The molecule has 2 nitrogen and oxygen atoms in total. The Morgan fingerprint density at radius 1 is 0.889 bits per heavy atom.